The molecule has 0 unspecified atom stereocenters. The van der Waals surface area contributed by atoms with Crippen molar-refractivity contribution in [2.45, 2.75) is 0 Å². The van der Waals surface area contributed by atoms with Gasteiger partial charge in [0, 0.05) is 17.7 Å². The maximum atomic E-state index is 8.83. The number of aromatic nitrogens is 1. The van der Waals surface area contributed by atoms with Crippen molar-refractivity contribution in [3.63, 3.8) is 0 Å². The molecular weight excluding hydrogens is 214 g/mol. The average molecular weight is 219 g/mol. The molecule has 0 bridgehead atoms. The number of hydrogen-bond donors (Lipinski definition) is 0. The van der Waals surface area contributed by atoms with Crippen LogP contribution in [-0.2, 0) is 0 Å². The Morgan fingerprint density at radius 1 is 1.06 bits per heavy atom. The Kier molecular flexibility index (Phi) is 3.94. The number of rotatable bonds is 2. The highest BCUT2D eigenvalue weighted by molar-refractivity contribution is 5.97. The SMILES string of the molecule is N#CC(=C=[N-])C(=C(C#N)C#N)c1cc[nH+]cc1. The van der Waals surface area contributed by atoms with Crippen LogP contribution in [-0.4, -0.2) is 5.87 Å². The molecule has 0 spiro atoms. The fourth-order valence-electron chi connectivity index (χ4n) is 1.24. The van der Waals surface area contributed by atoms with Crippen molar-refractivity contribution in [1.82, 2.24) is 0 Å². The lowest BCUT2D eigenvalue weighted by Gasteiger charge is -2.03. The summed E-state index contributed by atoms with van der Waals surface area (Å²) in [5.74, 6) is 1.68. The Morgan fingerprint density at radius 2 is 1.65 bits per heavy atom. The van der Waals surface area contributed by atoms with Gasteiger partial charge in [-0.3, -0.25) is 0 Å². The summed E-state index contributed by atoms with van der Waals surface area (Å²) in [5, 5.41) is 35.3. The number of nitrogens with one attached hydrogen (secondary N) is 1. The van der Waals surface area contributed by atoms with Gasteiger partial charge in [-0.2, -0.15) is 15.8 Å². The van der Waals surface area contributed by atoms with Gasteiger partial charge in [0.05, 0.1) is 5.57 Å². The van der Waals surface area contributed by atoms with Crippen molar-refractivity contribution in [1.29, 1.82) is 15.8 Å². The topological polar surface area (TPSA) is 108 Å². The first-order chi connectivity index (χ1) is 8.28. The third-order valence-corrected chi connectivity index (χ3v) is 1.95. The highest BCUT2D eigenvalue weighted by atomic mass is 14.6. The molecule has 1 rings (SSSR count). The minimum absolute atomic E-state index is 0.0639. The molecule has 1 heterocycles. The minimum Gasteiger partial charge on any atom is -0.762 e. The van der Waals surface area contributed by atoms with Crippen molar-refractivity contribution >= 4 is 11.4 Å². The average Bonchev–Trinajstić information content (AvgIpc) is 2.40. The Bertz CT molecular complexity index is 612. The van der Waals surface area contributed by atoms with E-state index in [2.05, 4.69) is 4.98 Å². The van der Waals surface area contributed by atoms with Gasteiger partial charge in [0.1, 0.15) is 23.8 Å². The number of aromatic amines is 1. The summed E-state index contributed by atoms with van der Waals surface area (Å²) < 4.78 is 0. The quantitative estimate of drug-likeness (QED) is 0.420. The molecule has 5 nitrogen and oxygen atoms in total. The van der Waals surface area contributed by atoms with Gasteiger partial charge in [0.15, 0.2) is 12.4 Å². The van der Waals surface area contributed by atoms with Crippen molar-refractivity contribution in [2.75, 3.05) is 0 Å². The molecule has 0 aromatic carbocycles. The second kappa shape index (κ2) is 5.63. The molecule has 0 amide bonds. The fraction of sp³-hybridized carbons (Fsp3) is 0. The van der Waals surface area contributed by atoms with Crippen LogP contribution in [0, 0.1) is 34.0 Å². The van der Waals surface area contributed by atoms with Gasteiger partial charge >= 0.3 is 0 Å². The molecule has 5 heteroatoms. The molecule has 0 aliphatic rings. The number of nitrogens with zero attached hydrogens (tertiary/aromatic N) is 4. The molecule has 1 N–H and O–H groups in total. The summed E-state index contributed by atoms with van der Waals surface area (Å²) in [6.45, 7) is 0. The van der Waals surface area contributed by atoms with E-state index < -0.39 is 0 Å². The standard InChI is InChI=1S/C12H4N5/c13-5-10(6-14)12(11(7-15)8-16)9-1-3-17-4-2-9/h1-4H/q-1/p+1. The summed E-state index contributed by atoms with van der Waals surface area (Å²) in [7, 11) is 0. The summed E-state index contributed by atoms with van der Waals surface area (Å²) in [5.41, 5.74) is 0.0255. The van der Waals surface area contributed by atoms with Crippen molar-refractivity contribution < 1.29 is 4.98 Å². The van der Waals surface area contributed by atoms with Crippen LogP contribution in [0.15, 0.2) is 35.7 Å². The maximum Gasteiger partial charge on any atom is 0.167 e. The third kappa shape index (κ3) is 2.43. The van der Waals surface area contributed by atoms with Crippen LogP contribution in [0.4, 0.5) is 0 Å². The van der Waals surface area contributed by atoms with E-state index in [0.717, 1.165) is 0 Å². The van der Waals surface area contributed by atoms with E-state index in [1.807, 2.05) is 0 Å². The molecule has 17 heavy (non-hydrogen) atoms. The lowest BCUT2D eigenvalue weighted by molar-refractivity contribution is -0.378. The van der Waals surface area contributed by atoms with E-state index in [1.165, 1.54) is 0 Å². The van der Waals surface area contributed by atoms with Gasteiger partial charge < -0.3 is 5.41 Å². The van der Waals surface area contributed by atoms with Crippen molar-refractivity contribution in [3.05, 3.63) is 46.6 Å². The highest BCUT2D eigenvalue weighted by Gasteiger charge is 2.13. The molecule has 0 aliphatic carbocycles. The lowest BCUT2D eigenvalue weighted by atomic mass is 9.96. The molecule has 0 radical (unpaired) electrons. The lowest BCUT2D eigenvalue weighted by Crippen LogP contribution is -2.00. The van der Waals surface area contributed by atoms with Crippen LogP contribution in [0.1, 0.15) is 5.56 Å². The van der Waals surface area contributed by atoms with Gasteiger partial charge in [0.2, 0.25) is 0 Å². The van der Waals surface area contributed by atoms with E-state index in [4.69, 9.17) is 21.2 Å². The number of allylic oxidation sites excluding steroid dienone is 3. The zero-order valence-electron chi connectivity index (χ0n) is 8.60. The van der Waals surface area contributed by atoms with Gasteiger partial charge in [-0.05, 0) is 5.56 Å². The highest BCUT2D eigenvalue weighted by Crippen LogP contribution is 2.23. The third-order valence-electron chi connectivity index (χ3n) is 1.95. The van der Waals surface area contributed by atoms with E-state index in [1.54, 1.807) is 48.6 Å². The predicted molar refractivity (Wildman–Crippen MR) is 58.6 cm³/mol. The first-order valence-corrected chi connectivity index (χ1v) is 4.47. The first kappa shape index (κ1) is 11.9. The van der Waals surface area contributed by atoms with Crippen LogP contribution < -0.4 is 4.98 Å². The van der Waals surface area contributed by atoms with Crippen LogP contribution >= 0.6 is 0 Å². The van der Waals surface area contributed by atoms with Crippen LogP contribution in [0.5, 0.6) is 0 Å². The van der Waals surface area contributed by atoms with Gasteiger partial charge in [0.25, 0.3) is 0 Å². The molecule has 0 saturated carbocycles. The van der Waals surface area contributed by atoms with E-state index in [9.17, 15) is 0 Å². The maximum absolute atomic E-state index is 8.83. The van der Waals surface area contributed by atoms with E-state index >= 15 is 0 Å². The van der Waals surface area contributed by atoms with Crippen molar-refractivity contribution in [3.8, 4) is 18.2 Å². The summed E-state index contributed by atoms with van der Waals surface area (Å²) in [6.07, 6.45) is 3.15. The van der Waals surface area contributed by atoms with Crippen LogP contribution in [0.3, 0.4) is 0 Å². The Morgan fingerprint density at radius 3 is 2.06 bits per heavy atom. The van der Waals surface area contributed by atoms with Gasteiger partial charge in [-0.25, -0.2) is 10.9 Å². The van der Waals surface area contributed by atoms with Gasteiger partial charge in [-0.1, -0.05) is 0 Å². The van der Waals surface area contributed by atoms with Crippen molar-refractivity contribution in [2.24, 2.45) is 0 Å². The summed E-state index contributed by atoms with van der Waals surface area (Å²) in [6, 6.07) is 8.22. The van der Waals surface area contributed by atoms with Crippen LogP contribution in [0.25, 0.3) is 11.0 Å². The number of hydrogen-bond acceptors (Lipinski definition) is 3. The first-order valence-electron chi connectivity index (χ1n) is 4.47. The molecular formula is C12H5N5. The normalized spacial score (nSPS) is 7.82. The molecule has 0 fully saturated rings. The van der Waals surface area contributed by atoms with Crippen LogP contribution in [0.2, 0.25) is 0 Å². The minimum atomic E-state index is -0.255. The molecule has 1 aromatic rings. The fourth-order valence-corrected chi connectivity index (χ4v) is 1.24. The molecule has 0 atom stereocenters. The number of H-pyrrole nitrogens is 1. The Labute approximate surface area is 97.7 Å². The molecule has 1 aromatic heterocycles. The van der Waals surface area contributed by atoms with E-state index in [-0.39, 0.29) is 16.7 Å². The van der Waals surface area contributed by atoms with E-state index in [0.29, 0.717) is 5.56 Å². The zero-order chi connectivity index (χ0) is 12.7. The Balaban J connectivity index is 3.63. The molecule has 0 aliphatic heterocycles. The predicted octanol–water partition coefficient (Wildman–Crippen LogP) is 0.991. The molecule has 78 valence electrons. The largest absolute Gasteiger partial charge is 0.762 e. The second-order valence-electron chi connectivity index (χ2n) is 2.86. The Hall–Kier alpha value is -3.19. The number of nitriles is 3. The molecule has 0 saturated heterocycles. The van der Waals surface area contributed by atoms with Gasteiger partial charge in [-0.15, -0.1) is 0 Å². The summed E-state index contributed by atoms with van der Waals surface area (Å²) in [4.78, 5) is 2.77. The zero-order valence-corrected chi connectivity index (χ0v) is 8.60. The second-order valence-corrected chi connectivity index (χ2v) is 2.86. The number of pyridine rings is 1. The summed E-state index contributed by atoms with van der Waals surface area (Å²) >= 11 is 0. The monoisotopic (exact) mass is 219 g/mol. The smallest absolute Gasteiger partial charge is 0.167 e.